The molecule has 0 bridgehead atoms. The maximum atomic E-state index is 12.3. The Kier molecular flexibility index (Phi) is 7.41. The smallest absolute Gasteiger partial charge is 0.320 e. The van der Waals surface area contributed by atoms with E-state index in [1.165, 1.54) is 29.0 Å². The molecule has 0 fully saturated rings. The van der Waals surface area contributed by atoms with Crippen LogP contribution in [0.25, 0.3) is 54.7 Å². The van der Waals surface area contributed by atoms with Crippen molar-refractivity contribution in [1.29, 1.82) is 0 Å². The monoisotopic (exact) mass is 599 g/mol. The summed E-state index contributed by atoms with van der Waals surface area (Å²) in [5.41, 5.74) is 4.42. The van der Waals surface area contributed by atoms with Gasteiger partial charge in [-0.3, -0.25) is 5.32 Å². The van der Waals surface area contributed by atoms with Crippen LogP contribution in [0.5, 0.6) is 5.88 Å². The van der Waals surface area contributed by atoms with Crippen molar-refractivity contribution in [2.45, 2.75) is 13.8 Å². The molecule has 0 aliphatic carbocycles. The van der Waals surface area contributed by atoms with E-state index in [0.717, 1.165) is 21.7 Å². The summed E-state index contributed by atoms with van der Waals surface area (Å²) in [5.74, 6) is 2.16. The number of hydrogen-bond donors (Lipinski definition) is 3. The number of rotatable bonds is 8. The molecule has 0 saturated heterocycles. The third-order valence-electron chi connectivity index (χ3n) is 6.11. The van der Waals surface area contributed by atoms with Gasteiger partial charge in [0, 0.05) is 54.3 Å². The van der Waals surface area contributed by atoms with E-state index in [0.29, 0.717) is 57.0 Å². The van der Waals surface area contributed by atoms with Crippen molar-refractivity contribution in [1.82, 2.24) is 50.0 Å². The van der Waals surface area contributed by atoms with Crippen LogP contribution in [-0.4, -0.2) is 64.4 Å². The summed E-state index contributed by atoms with van der Waals surface area (Å²) in [7, 11) is 3.39. The van der Waals surface area contributed by atoms with Crippen molar-refractivity contribution >= 4 is 34.5 Å². The number of urea groups is 1. The number of aromatic amines is 1. The number of anilines is 1. The summed E-state index contributed by atoms with van der Waals surface area (Å²) in [5, 5.41) is 13.1. The van der Waals surface area contributed by atoms with Gasteiger partial charge in [0.25, 0.3) is 0 Å². The first-order chi connectivity index (χ1) is 20.4. The van der Waals surface area contributed by atoms with E-state index in [1.54, 1.807) is 36.3 Å². The molecule has 0 aromatic carbocycles. The number of aromatic nitrogens is 9. The van der Waals surface area contributed by atoms with Crippen molar-refractivity contribution in [2.24, 2.45) is 7.05 Å². The minimum absolute atomic E-state index is 0.349. The Labute approximate surface area is 248 Å². The van der Waals surface area contributed by atoms with E-state index in [2.05, 4.69) is 40.7 Å². The fraction of sp³-hybridized carbons (Fsp3) is 0.185. The van der Waals surface area contributed by atoms with Crippen LogP contribution in [-0.2, 0) is 7.05 Å². The highest BCUT2D eigenvalue weighted by molar-refractivity contribution is 7.19. The third-order valence-corrected chi connectivity index (χ3v) is 8.08. The Morgan fingerprint density at radius 3 is 2.69 bits per heavy atom. The van der Waals surface area contributed by atoms with Gasteiger partial charge in [-0.05, 0) is 26.0 Å². The summed E-state index contributed by atoms with van der Waals surface area (Å²) in [6.45, 7) is 4.28. The van der Waals surface area contributed by atoms with E-state index < -0.39 is 0 Å². The zero-order chi connectivity index (χ0) is 29.2. The van der Waals surface area contributed by atoms with Gasteiger partial charge in [0.2, 0.25) is 5.88 Å². The molecule has 0 radical (unpaired) electrons. The Bertz CT molecular complexity index is 1890. The molecule has 0 aliphatic heterocycles. The SMILES string of the molecule is CCNC(=O)Nc1cc(-c2nc(-c3cccc(OC)n3)cs2)c(-c2nc(-c3ncnn3C)c(-c3ncc(C)[nH]3)s2)cn1. The first-order valence-corrected chi connectivity index (χ1v) is 14.5. The van der Waals surface area contributed by atoms with E-state index in [9.17, 15) is 4.79 Å². The number of carbonyl (C=O) groups excluding carboxylic acids is 1. The highest BCUT2D eigenvalue weighted by Gasteiger charge is 2.24. The van der Waals surface area contributed by atoms with Crippen LogP contribution in [0.3, 0.4) is 0 Å². The number of ether oxygens (including phenoxy) is 1. The standard InChI is InChI=1S/C27H25N11O2S2/c1-5-28-27(39)36-19-9-15(25-35-18(12-41-25)17-7-6-8-20(34-17)40-4)16(11-29-19)26-37-21(24-31-13-32-38(24)3)22(42-26)23-30-10-14(2)33-23/h6-13H,5H2,1-4H3,(H,30,33)(H2,28,29,36,39). The molecule has 0 atom stereocenters. The van der Waals surface area contributed by atoms with Crippen molar-refractivity contribution in [3.63, 3.8) is 0 Å². The number of pyridine rings is 2. The van der Waals surface area contributed by atoms with Gasteiger partial charge in [0.05, 0.1) is 12.8 Å². The maximum Gasteiger partial charge on any atom is 0.320 e. The number of methoxy groups -OCH3 is 1. The summed E-state index contributed by atoms with van der Waals surface area (Å²) in [6, 6.07) is 6.98. The quantitative estimate of drug-likeness (QED) is 0.218. The first kappa shape index (κ1) is 27.2. The Morgan fingerprint density at radius 1 is 1.07 bits per heavy atom. The zero-order valence-corrected chi connectivity index (χ0v) is 24.7. The van der Waals surface area contributed by atoms with Gasteiger partial charge in [0.15, 0.2) is 5.82 Å². The van der Waals surface area contributed by atoms with Gasteiger partial charge in [-0.2, -0.15) is 5.10 Å². The predicted molar refractivity (Wildman–Crippen MR) is 161 cm³/mol. The fourth-order valence-corrected chi connectivity index (χ4v) is 6.05. The van der Waals surface area contributed by atoms with Crippen LogP contribution in [0, 0.1) is 6.92 Å². The lowest BCUT2D eigenvalue weighted by Gasteiger charge is -2.09. The Morgan fingerprint density at radius 2 is 1.95 bits per heavy atom. The van der Waals surface area contributed by atoms with Gasteiger partial charge >= 0.3 is 6.03 Å². The van der Waals surface area contributed by atoms with Crippen LogP contribution in [0.15, 0.2) is 48.4 Å². The van der Waals surface area contributed by atoms with Crippen molar-refractivity contribution in [3.05, 3.63) is 54.1 Å². The number of aryl methyl sites for hydroxylation is 2. The molecule has 0 aliphatic rings. The minimum atomic E-state index is -0.349. The van der Waals surface area contributed by atoms with Crippen LogP contribution < -0.4 is 15.4 Å². The Hall–Kier alpha value is -5.02. The number of nitrogens with one attached hydrogen (secondary N) is 3. The van der Waals surface area contributed by atoms with Gasteiger partial charge < -0.3 is 15.0 Å². The van der Waals surface area contributed by atoms with Crippen LogP contribution >= 0.6 is 22.7 Å². The van der Waals surface area contributed by atoms with Gasteiger partial charge in [-0.25, -0.2) is 39.4 Å². The molecular formula is C27H25N11O2S2. The number of thiazole rings is 2. The molecule has 15 heteroatoms. The molecule has 0 unspecified atom stereocenters. The number of H-pyrrole nitrogens is 1. The average Bonchev–Trinajstić information content (AvgIpc) is 3.80. The minimum Gasteiger partial charge on any atom is -0.481 e. The van der Waals surface area contributed by atoms with E-state index in [4.69, 9.17) is 14.7 Å². The van der Waals surface area contributed by atoms with Crippen LogP contribution in [0.4, 0.5) is 10.6 Å². The lowest BCUT2D eigenvalue weighted by atomic mass is 10.1. The number of carbonyl (C=O) groups is 1. The van der Waals surface area contributed by atoms with Crippen LogP contribution in [0.1, 0.15) is 12.6 Å². The topological polar surface area (TPSA) is 161 Å². The molecule has 42 heavy (non-hydrogen) atoms. The van der Waals surface area contributed by atoms with E-state index in [-0.39, 0.29) is 6.03 Å². The molecule has 6 aromatic heterocycles. The molecule has 6 aromatic rings. The van der Waals surface area contributed by atoms with Crippen LogP contribution in [0.2, 0.25) is 0 Å². The highest BCUT2D eigenvalue weighted by atomic mass is 32.1. The van der Waals surface area contributed by atoms with Crippen molar-refractivity contribution in [3.8, 4) is 60.6 Å². The number of imidazole rings is 1. The summed E-state index contributed by atoms with van der Waals surface area (Å²) >= 11 is 2.91. The summed E-state index contributed by atoms with van der Waals surface area (Å²) < 4.78 is 6.96. The van der Waals surface area contributed by atoms with Gasteiger partial charge in [-0.1, -0.05) is 6.07 Å². The van der Waals surface area contributed by atoms with E-state index in [1.807, 2.05) is 38.4 Å². The Balaban J connectivity index is 1.49. The third kappa shape index (κ3) is 5.34. The van der Waals surface area contributed by atoms with Crippen molar-refractivity contribution in [2.75, 3.05) is 19.0 Å². The first-order valence-electron chi connectivity index (χ1n) is 12.8. The number of hydrogen-bond acceptors (Lipinski definition) is 11. The summed E-state index contributed by atoms with van der Waals surface area (Å²) in [6.07, 6.45) is 4.95. The van der Waals surface area contributed by atoms with E-state index >= 15 is 0 Å². The number of amides is 2. The molecule has 0 saturated carbocycles. The molecule has 2 amide bonds. The normalized spacial score (nSPS) is 11.0. The number of nitrogens with zero attached hydrogens (tertiary/aromatic N) is 8. The fourth-order valence-electron chi connectivity index (χ4n) is 4.16. The molecule has 3 N–H and O–H groups in total. The second-order valence-corrected chi connectivity index (χ2v) is 10.9. The second-order valence-electron chi connectivity index (χ2n) is 9.02. The molecule has 13 nitrogen and oxygen atoms in total. The molecular weight excluding hydrogens is 575 g/mol. The lowest BCUT2D eigenvalue weighted by Crippen LogP contribution is -2.28. The molecule has 6 heterocycles. The molecule has 0 spiro atoms. The second kappa shape index (κ2) is 11.5. The van der Waals surface area contributed by atoms with Gasteiger partial charge in [-0.15, -0.1) is 22.7 Å². The largest absolute Gasteiger partial charge is 0.481 e. The highest BCUT2D eigenvalue weighted by Crippen LogP contribution is 2.43. The molecule has 212 valence electrons. The zero-order valence-electron chi connectivity index (χ0n) is 23.0. The van der Waals surface area contributed by atoms with Crippen molar-refractivity contribution < 1.29 is 9.53 Å². The molecule has 6 rings (SSSR count). The van der Waals surface area contributed by atoms with Gasteiger partial charge in [0.1, 0.15) is 44.2 Å². The predicted octanol–water partition coefficient (Wildman–Crippen LogP) is 5.03. The maximum absolute atomic E-state index is 12.3. The summed E-state index contributed by atoms with van der Waals surface area (Å²) in [4.78, 5) is 44.4. The lowest BCUT2D eigenvalue weighted by molar-refractivity contribution is 0.252. The average molecular weight is 600 g/mol.